The summed E-state index contributed by atoms with van der Waals surface area (Å²) in [7, 11) is 0. The summed E-state index contributed by atoms with van der Waals surface area (Å²) in [5.74, 6) is 0.551. The van der Waals surface area contributed by atoms with Gasteiger partial charge in [0.25, 0.3) is 0 Å². The van der Waals surface area contributed by atoms with Gasteiger partial charge in [-0.2, -0.15) is 0 Å². The smallest absolute Gasteiger partial charge is 0.178 e. The van der Waals surface area contributed by atoms with E-state index in [-0.39, 0.29) is 0 Å². The molecule has 1 saturated heterocycles. The van der Waals surface area contributed by atoms with E-state index in [1.165, 1.54) is 0 Å². The standard InChI is InChI=1S/C13H15BrN2OS/c1-8-9(4-5-17-8)7-16-12-6-10(14)2-3-11(12)15-13(16)18/h2-3,6,8-9H,4-5,7H2,1H3,(H,15,18). The lowest BCUT2D eigenvalue weighted by Crippen LogP contribution is -2.17. The maximum atomic E-state index is 5.62. The molecule has 1 aromatic carbocycles. The summed E-state index contributed by atoms with van der Waals surface area (Å²) in [4.78, 5) is 3.26. The Hall–Kier alpha value is -0.650. The quantitative estimate of drug-likeness (QED) is 0.848. The topological polar surface area (TPSA) is 29.9 Å². The molecule has 5 heteroatoms. The summed E-state index contributed by atoms with van der Waals surface area (Å²) in [6, 6.07) is 6.20. The van der Waals surface area contributed by atoms with E-state index in [4.69, 9.17) is 17.0 Å². The molecule has 96 valence electrons. The van der Waals surface area contributed by atoms with Crippen molar-refractivity contribution in [1.82, 2.24) is 9.55 Å². The second kappa shape index (κ2) is 4.79. The first-order valence-electron chi connectivity index (χ1n) is 6.15. The fraction of sp³-hybridized carbons (Fsp3) is 0.462. The van der Waals surface area contributed by atoms with Gasteiger partial charge in [-0.25, -0.2) is 0 Å². The zero-order valence-corrected chi connectivity index (χ0v) is 12.6. The van der Waals surface area contributed by atoms with Gasteiger partial charge >= 0.3 is 0 Å². The molecule has 0 amide bonds. The molecule has 3 rings (SSSR count). The molecule has 0 saturated carbocycles. The van der Waals surface area contributed by atoms with Crippen molar-refractivity contribution in [3.8, 4) is 0 Å². The summed E-state index contributed by atoms with van der Waals surface area (Å²) in [6.45, 7) is 3.94. The van der Waals surface area contributed by atoms with E-state index in [9.17, 15) is 0 Å². The zero-order chi connectivity index (χ0) is 12.7. The highest BCUT2D eigenvalue weighted by molar-refractivity contribution is 9.10. The fourth-order valence-corrected chi connectivity index (χ4v) is 3.19. The Morgan fingerprint density at radius 1 is 1.56 bits per heavy atom. The molecule has 1 fully saturated rings. The van der Waals surface area contributed by atoms with Crippen LogP contribution in [-0.4, -0.2) is 22.3 Å². The van der Waals surface area contributed by atoms with Crippen LogP contribution in [0.1, 0.15) is 13.3 Å². The molecule has 0 aliphatic carbocycles. The molecular weight excluding hydrogens is 312 g/mol. The number of nitrogens with one attached hydrogen (secondary N) is 1. The first-order valence-corrected chi connectivity index (χ1v) is 7.35. The van der Waals surface area contributed by atoms with Gasteiger partial charge in [0.15, 0.2) is 4.77 Å². The molecule has 1 aliphatic heterocycles. The minimum absolute atomic E-state index is 0.323. The lowest BCUT2D eigenvalue weighted by molar-refractivity contribution is 0.102. The van der Waals surface area contributed by atoms with Gasteiger partial charge in [-0.1, -0.05) is 15.9 Å². The number of hydrogen-bond donors (Lipinski definition) is 1. The maximum Gasteiger partial charge on any atom is 0.178 e. The van der Waals surface area contributed by atoms with Gasteiger partial charge in [0, 0.05) is 23.5 Å². The van der Waals surface area contributed by atoms with E-state index in [1.807, 2.05) is 6.07 Å². The predicted octanol–water partition coefficient (Wildman–Crippen LogP) is 3.89. The van der Waals surface area contributed by atoms with E-state index in [1.54, 1.807) is 0 Å². The molecular formula is C13H15BrN2OS. The third kappa shape index (κ3) is 2.15. The van der Waals surface area contributed by atoms with E-state index < -0.39 is 0 Å². The average molecular weight is 327 g/mol. The van der Waals surface area contributed by atoms with Gasteiger partial charge in [0.05, 0.1) is 17.1 Å². The molecule has 0 bridgehead atoms. The number of ether oxygens (including phenoxy) is 1. The summed E-state index contributed by atoms with van der Waals surface area (Å²) >= 11 is 8.94. The Labute approximate surface area is 119 Å². The van der Waals surface area contributed by atoms with E-state index in [0.29, 0.717) is 12.0 Å². The number of benzene rings is 1. The number of H-pyrrole nitrogens is 1. The molecule has 3 nitrogen and oxygen atoms in total. The van der Waals surface area contributed by atoms with Gasteiger partial charge in [-0.15, -0.1) is 0 Å². The lowest BCUT2D eigenvalue weighted by atomic mass is 10.0. The molecule has 1 aliphatic rings. The molecule has 2 heterocycles. The van der Waals surface area contributed by atoms with E-state index >= 15 is 0 Å². The van der Waals surface area contributed by atoms with Crippen LogP contribution in [0, 0.1) is 10.7 Å². The molecule has 0 spiro atoms. The number of rotatable bonds is 2. The number of hydrogen-bond acceptors (Lipinski definition) is 2. The third-order valence-corrected chi connectivity index (χ3v) is 4.50. The number of aromatic nitrogens is 2. The van der Waals surface area contributed by atoms with Crippen molar-refractivity contribution >= 4 is 39.2 Å². The lowest BCUT2D eigenvalue weighted by Gasteiger charge is -2.15. The Balaban J connectivity index is 2.02. The average Bonchev–Trinajstić information content (AvgIpc) is 2.86. The summed E-state index contributed by atoms with van der Waals surface area (Å²) in [5.41, 5.74) is 2.25. The van der Waals surface area contributed by atoms with Crippen LogP contribution in [0.25, 0.3) is 11.0 Å². The minimum Gasteiger partial charge on any atom is -0.378 e. The van der Waals surface area contributed by atoms with Crippen molar-refractivity contribution in [3.05, 3.63) is 27.4 Å². The van der Waals surface area contributed by atoms with Crippen LogP contribution < -0.4 is 0 Å². The van der Waals surface area contributed by atoms with Crippen LogP contribution >= 0.6 is 28.1 Å². The van der Waals surface area contributed by atoms with Gasteiger partial charge in [-0.3, -0.25) is 0 Å². The van der Waals surface area contributed by atoms with Crippen molar-refractivity contribution in [2.75, 3.05) is 6.61 Å². The van der Waals surface area contributed by atoms with Crippen LogP contribution in [0.3, 0.4) is 0 Å². The van der Waals surface area contributed by atoms with Crippen molar-refractivity contribution < 1.29 is 4.74 Å². The second-order valence-electron chi connectivity index (χ2n) is 4.83. The van der Waals surface area contributed by atoms with Crippen molar-refractivity contribution in [1.29, 1.82) is 0 Å². The highest BCUT2D eigenvalue weighted by Gasteiger charge is 2.25. The zero-order valence-electron chi connectivity index (χ0n) is 10.1. The first-order chi connectivity index (χ1) is 8.65. The van der Waals surface area contributed by atoms with Crippen molar-refractivity contribution in [2.24, 2.45) is 5.92 Å². The third-order valence-electron chi connectivity index (χ3n) is 3.69. The van der Waals surface area contributed by atoms with Gasteiger partial charge < -0.3 is 14.3 Å². The predicted molar refractivity (Wildman–Crippen MR) is 78.3 cm³/mol. The van der Waals surface area contributed by atoms with Crippen molar-refractivity contribution in [2.45, 2.75) is 26.0 Å². The monoisotopic (exact) mass is 326 g/mol. The number of imidazole rings is 1. The van der Waals surface area contributed by atoms with Crippen LogP contribution in [0.15, 0.2) is 22.7 Å². The Kier molecular flexibility index (Phi) is 3.30. The molecule has 1 aromatic heterocycles. The number of nitrogens with zero attached hydrogens (tertiary/aromatic N) is 1. The number of aromatic amines is 1. The highest BCUT2D eigenvalue weighted by Crippen LogP contribution is 2.26. The van der Waals surface area contributed by atoms with Gasteiger partial charge in [0.1, 0.15) is 0 Å². The van der Waals surface area contributed by atoms with E-state index in [2.05, 4.69) is 44.5 Å². The number of fused-ring (bicyclic) bond motifs is 1. The minimum atomic E-state index is 0.323. The summed E-state index contributed by atoms with van der Waals surface area (Å²) in [5, 5.41) is 0. The van der Waals surface area contributed by atoms with Crippen molar-refractivity contribution in [3.63, 3.8) is 0 Å². The summed E-state index contributed by atoms with van der Waals surface area (Å²) < 4.78 is 9.68. The summed E-state index contributed by atoms with van der Waals surface area (Å²) in [6.07, 6.45) is 1.44. The SMILES string of the molecule is CC1OCCC1Cn1c(=S)[nH]c2ccc(Br)cc21. The second-order valence-corrected chi connectivity index (χ2v) is 6.13. The molecule has 18 heavy (non-hydrogen) atoms. The Morgan fingerprint density at radius 2 is 2.39 bits per heavy atom. The van der Waals surface area contributed by atoms with Gasteiger partial charge in [-0.05, 0) is 43.8 Å². The highest BCUT2D eigenvalue weighted by atomic mass is 79.9. The molecule has 2 aromatic rings. The molecule has 2 unspecified atom stereocenters. The Morgan fingerprint density at radius 3 is 3.11 bits per heavy atom. The van der Waals surface area contributed by atoms with Gasteiger partial charge in [0.2, 0.25) is 0 Å². The fourth-order valence-electron chi connectivity index (χ4n) is 2.56. The Bertz CT molecular complexity index is 633. The van der Waals surface area contributed by atoms with Crippen LogP contribution in [0.2, 0.25) is 0 Å². The molecule has 1 N–H and O–H groups in total. The largest absolute Gasteiger partial charge is 0.378 e. The maximum absolute atomic E-state index is 5.62. The normalized spacial score (nSPS) is 23.9. The number of halogens is 1. The van der Waals surface area contributed by atoms with Crippen LogP contribution in [0.5, 0.6) is 0 Å². The van der Waals surface area contributed by atoms with E-state index in [0.717, 1.165) is 39.8 Å². The first kappa shape index (κ1) is 12.4. The molecule has 0 radical (unpaired) electrons. The molecule has 2 atom stereocenters. The van der Waals surface area contributed by atoms with Crippen LogP contribution in [0.4, 0.5) is 0 Å². The van der Waals surface area contributed by atoms with Crippen LogP contribution in [-0.2, 0) is 11.3 Å².